The molecule has 1 saturated carbocycles. The number of anilines is 1. The smallest absolute Gasteiger partial charge is 0.255 e. The van der Waals surface area contributed by atoms with Crippen LogP contribution in [0.1, 0.15) is 43.0 Å². The lowest BCUT2D eigenvalue weighted by atomic mass is 9.87. The molecule has 0 spiro atoms. The van der Waals surface area contributed by atoms with Crippen LogP contribution in [-0.4, -0.2) is 32.5 Å². The number of halogens is 1. The zero-order valence-electron chi connectivity index (χ0n) is 16.3. The summed E-state index contributed by atoms with van der Waals surface area (Å²) in [6, 6.07) is 5.73. The van der Waals surface area contributed by atoms with Gasteiger partial charge in [-0.05, 0) is 43.0 Å². The van der Waals surface area contributed by atoms with Gasteiger partial charge in [0.05, 0.1) is 17.8 Å². The molecule has 1 amide bonds. The average molecular weight is 438 g/mol. The maximum absolute atomic E-state index is 13.1. The second kappa shape index (κ2) is 9.11. The molecule has 1 aliphatic rings. The van der Waals surface area contributed by atoms with Gasteiger partial charge in [0.25, 0.3) is 5.91 Å². The molecule has 0 aliphatic heterocycles. The van der Waals surface area contributed by atoms with Crippen molar-refractivity contribution >= 4 is 33.2 Å². The van der Waals surface area contributed by atoms with Gasteiger partial charge in [-0.1, -0.05) is 31.4 Å². The molecule has 9 heteroatoms. The summed E-state index contributed by atoms with van der Waals surface area (Å²) in [6.07, 6.45) is 6.79. The highest BCUT2D eigenvalue weighted by Gasteiger charge is 2.29. The minimum absolute atomic E-state index is 0.0637. The van der Waals surface area contributed by atoms with Gasteiger partial charge in [-0.3, -0.25) is 9.78 Å². The fourth-order valence-corrected chi connectivity index (χ4v) is 5.19. The summed E-state index contributed by atoms with van der Waals surface area (Å²) in [5.41, 5.74) is 0.566. The van der Waals surface area contributed by atoms with Gasteiger partial charge >= 0.3 is 0 Å². The third kappa shape index (κ3) is 5.07. The molecule has 1 aromatic heterocycles. The Bertz CT molecular complexity index is 997. The number of rotatable bonds is 6. The summed E-state index contributed by atoms with van der Waals surface area (Å²) in [6.45, 7) is 2.05. The van der Waals surface area contributed by atoms with E-state index in [1.807, 2.05) is 6.92 Å². The molecule has 0 unspecified atom stereocenters. The largest absolute Gasteiger partial charge is 0.495 e. The van der Waals surface area contributed by atoms with Gasteiger partial charge in [-0.2, -0.15) is 0 Å². The second-order valence-electron chi connectivity index (χ2n) is 7.16. The standard InChI is InChI=1S/C20H24ClN3O4S/c1-13-5-3-4-6-16(13)24-29(26,27)19-11-14(7-8-18(19)28-2)20(25)23-17-9-10-22-12-15(17)21/h7-13,16,24H,3-6H2,1-2H3,(H,22,23,25)/t13-,16+/m0/s1. The van der Waals surface area contributed by atoms with E-state index in [1.165, 1.54) is 37.7 Å². The molecular formula is C20H24ClN3O4S. The maximum atomic E-state index is 13.1. The van der Waals surface area contributed by atoms with E-state index in [2.05, 4.69) is 15.0 Å². The van der Waals surface area contributed by atoms with Crippen molar-refractivity contribution in [1.29, 1.82) is 0 Å². The monoisotopic (exact) mass is 437 g/mol. The van der Waals surface area contributed by atoms with E-state index in [0.717, 1.165) is 25.7 Å². The van der Waals surface area contributed by atoms with E-state index < -0.39 is 15.9 Å². The van der Waals surface area contributed by atoms with Crippen molar-refractivity contribution in [2.75, 3.05) is 12.4 Å². The second-order valence-corrected chi connectivity index (χ2v) is 9.25. The Morgan fingerprint density at radius 2 is 2.00 bits per heavy atom. The van der Waals surface area contributed by atoms with Gasteiger partial charge in [0.2, 0.25) is 10.0 Å². The number of nitrogens with one attached hydrogen (secondary N) is 2. The number of pyridine rings is 1. The minimum Gasteiger partial charge on any atom is -0.495 e. The molecular weight excluding hydrogens is 414 g/mol. The molecule has 156 valence electrons. The molecule has 1 aromatic carbocycles. The van der Waals surface area contributed by atoms with Crippen molar-refractivity contribution in [2.45, 2.75) is 43.5 Å². The Morgan fingerprint density at radius 1 is 1.24 bits per heavy atom. The number of hydrogen-bond acceptors (Lipinski definition) is 5. The molecule has 7 nitrogen and oxygen atoms in total. The molecule has 1 heterocycles. The molecule has 1 aliphatic carbocycles. The summed E-state index contributed by atoms with van der Waals surface area (Å²) in [4.78, 5) is 16.4. The van der Waals surface area contributed by atoms with Crippen LogP contribution in [0.5, 0.6) is 5.75 Å². The van der Waals surface area contributed by atoms with E-state index in [-0.39, 0.29) is 33.2 Å². The topological polar surface area (TPSA) is 97.4 Å². The van der Waals surface area contributed by atoms with Gasteiger partial charge in [-0.15, -0.1) is 0 Å². The van der Waals surface area contributed by atoms with Crippen molar-refractivity contribution in [2.24, 2.45) is 5.92 Å². The number of ether oxygens (including phenoxy) is 1. The number of aromatic nitrogens is 1. The predicted octanol–water partition coefficient (Wildman–Crippen LogP) is 3.85. The molecule has 3 rings (SSSR count). The molecule has 0 saturated heterocycles. The van der Waals surface area contributed by atoms with Crippen molar-refractivity contribution in [1.82, 2.24) is 9.71 Å². The van der Waals surface area contributed by atoms with Gasteiger partial charge < -0.3 is 10.1 Å². The zero-order valence-corrected chi connectivity index (χ0v) is 17.9. The van der Waals surface area contributed by atoms with Crippen LogP contribution < -0.4 is 14.8 Å². The van der Waals surface area contributed by atoms with Gasteiger partial charge in [0.15, 0.2) is 0 Å². The van der Waals surface area contributed by atoms with Crippen molar-refractivity contribution in [3.05, 3.63) is 47.2 Å². The lowest BCUT2D eigenvalue weighted by Crippen LogP contribution is -2.41. The maximum Gasteiger partial charge on any atom is 0.255 e. The van der Waals surface area contributed by atoms with Crippen LogP contribution in [0.15, 0.2) is 41.6 Å². The lowest BCUT2D eigenvalue weighted by molar-refractivity contribution is 0.102. The number of methoxy groups -OCH3 is 1. The fourth-order valence-electron chi connectivity index (χ4n) is 3.45. The SMILES string of the molecule is COc1ccc(C(=O)Nc2ccncc2Cl)cc1S(=O)(=O)N[C@@H]1CCCC[C@@H]1C. The van der Waals surface area contributed by atoms with E-state index in [9.17, 15) is 13.2 Å². The molecule has 0 radical (unpaired) electrons. The van der Waals surface area contributed by atoms with Crippen LogP contribution in [0, 0.1) is 5.92 Å². The Kier molecular flexibility index (Phi) is 6.77. The van der Waals surface area contributed by atoms with E-state index >= 15 is 0 Å². The molecule has 2 N–H and O–H groups in total. The van der Waals surface area contributed by atoms with Crippen LogP contribution in [-0.2, 0) is 10.0 Å². The highest BCUT2D eigenvalue weighted by Crippen LogP contribution is 2.29. The lowest BCUT2D eigenvalue weighted by Gasteiger charge is -2.29. The summed E-state index contributed by atoms with van der Waals surface area (Å²) < 4.78 is 34.2. The number of benzene rings is 1. The van der Waals surface area contributed by atoms with Gasteiger partial charge in [0, 0.05) is 24.0 Å². The third-order valence-electron chi connectivity index (χ3n) is 5.15. The summed E-state index contributed by atoms with van der Waals surface area (Å²) in [5.74, 6) is -0.0486. The van der Waals surface area contributed by atoms with Crippen LogP contribution in [0.25, 0.3) is 0 Å². The Morgan fingerprint density at radius 3 is 2.69 bits per heavy atom. The number of nitrogens with zero attached hydrogens (tertiary/aromatic N) is 1. The Hall–Kier alpha value is -2.16. The van der Waals surface area contributed by atoms with Gasteiger partial charge in [0.1, 0.15) is 10.6 Å². The highest BCUT2D eigenvalue weighted by atomic mass is 35.5. The first-order valence-corrected chi connectivity index (χ1v) is 11.3. The quantitative estimate of drug-likeness (QED) is 0.715. The molecule has 29 heavy (non-hydrogen) atoms. The number of carbonyl (C=O) groups excluding carboxylic acids is 1. The summed E-state index contributed by atoms with van der Waals surface area (Å²) in [5, 5.41) is 2.95. The number of hydrogen-bond donors (Lipinski definition) is 2. The predicted molar refractivity (Wildman–Crippen MR) is 112 cm³/mol. The van der Waals surface area contributed by atoms with Crippen molar-refractivity contribution in [3.63, 3.8) is 0 Å². The number of amides is 1. The average Bonchev–Trinajstić information content (AvgIpc) is 2.70. The Labute approximate surface area is 175 Å². The summed E-state index contributed by atoms with van der Waals surface area (Å²) >= 11 is 6.03. The van der Waals surface area contributed by atoms with Crippen molar-refractivity contribution < 1.29 is 17.9 Å². The molecule has 2 atom stereocenters. The number of sulfonamides is 1. The van der Waals surface area contributed by atoms with E-state index in [1.54, 1.807) is 6.07 Å². The van der Waals surface area contributed by atoms with Crippen LogP contribution in [0.3, 0.4) is 0 Å². The molecule has 2 aromatic rings. The highest BCUT2D eigenvalue weighted by molar-refractivity contribution is 7.89. The van der Waals surface area contributed by atoms with Crippen LogP contribution in [0.4, 0.5) is 5.69 Å². The zero-order chi connectivity index (χ0) is 21.0. The van der Waals surface area contributed by atoms with Crippen molar-refractivity contribution in [3.8, 4) is 5.75 Å². The third-order valence-corrected chi connectivity index (χ3v) is 6.97. The van der Waals surface area contributed by atoms with Gasteiger partial charge in [-0.25, -0.2) is 13.1 Å². The minimum atomic E-state index is -3.86. The summed E-state index contributed by atoms with van der Waals surface area (Å²) in [7, 11) is -2.47. The first-order chi connectivity index (χ1) is 13.8. The first kappa shape index (κ1) is 21.5. The van der Waals surface area contributed by atoms with Crippen LogP contribution >= 0.6 is 11.6 Å². The first-order valence-electron chi connectivity index (χ1n) is 9.43. The van der Waals surface area contributed by atoms with E-state index in [0.29, 0.717) is 5.69 Å². The molecule has 0 bridgehead atoms. The normalized spacial score (nSPS) is 19.6. The van der Waals surface area contributed by atoms with E-state index in [4.69, 9.17) is 16.3 Å². The Balaban J connectivity index is 1.88. The fraction of sp³-hybridized carbons (Fsp3) is 0.400. The molecule has 1 fully saturated rings. The van der Waals surface area contributed by atoms with Crippen LogP contribution in [0.2, 0.25) is 5.02 Å². The number of carbonyl (C=O) groups is 1.